The van der Waals surface area contributed by atoms with E-state index < -0.39 is 0 Å². The van der Waals surface area contributed by atoms with Gasteiger partial charge in [-0.15, -0.1) is 0 Å². The summed E-state index contributed by atoms with van der Waals surface area (Å²) in [5.74, 6) is 0.0318. The van der Waals surface area contributed by atoms with Crippen LogP contribution in [0, 0.1) is 0 Å². The van der Waals surface area contributed by atoms with Crippen LogP contribution in [0.4, 0.5) is 11.5 Å². The van der Waals surface area contributed by atoms with Gasteiger partial charge in [0.25, 0.3) is 5.91 Å². The van der Waals surface area contributed by atoms with E-state index in [1.54, 1.807) is 49.5 Å². The second-order valence-electron chi connectivity index (χ2n) is 6.20. The Labute approximate surface area is 158 Å². The Morgan fingerprint density at radius 1 is 1.22 bits per heavy atom. The summed E-state index contributed by atoms with van der Waals surface area (Å²) in [4.78, 5) is 28.2. The lowest BCUT2D eigenvalue weighted by Gasteiger charge is -2.11. The number of hydrogen-bond donors (Lipinski definition) is 2. The van der Waals surface area contributed by atoms with Crippen molar-refractivity contribution in [1.29, 1.82) is 0 Å². The smallest absolute Gasteiger partial charge is 0.338 e. The van der Waals surface area contributed by atoms with Gasteiger partial charge >= 0.3 is 5.97 Å². The van der Waals surface area contributed by atoms with Crippen molar-refractivity contribution < 1.29 is 19.1 Å². The van der Waals surface area contributed by atoms with Gasteiger partial charge in [-0.25, -0.2) is 9.78 Å². The predicted molar refractivity (Wildman–Crippen MR) is 101 cm³/mol. The molecule has 0 radical (unpaired) electrons. The van der Waals surface area contributed by atoms with Gasteiger partial charge in [0.05, 0.1) is 18.3 Å². The number of ether oxygens (including phenoxy) is 2. The highest BCUT2D eigenvalue weighted by molar-refractivity contribution is 5.95. The normalized spacial score (nSPS) is 16.0. The van der Waals surface area contributed by atoms with Gasteiger partial charge in [-0.1, -0.05) is 0 Å². The van der Waals surface area contributed by atoms with Gasteiger partial charge in [0.2, 0.25) is 0 Å². The summed E-state index contributed by atoms with van der Waals surface area (Å²) in [6.07, 6.45) is 3.70. The molecular formula is C20H23N3O4. The van der Waals surface area contributed by atoms with Crippen molar-refractivity contribution in [2.24, 2.45) is 0 Å². The molecule has 0 bridgehead atoms. The number of nitrogens with zero attached hydrogens (tertiary/aromatic N) is 1. The Hall–Kier alpha value is -2.93. The molecule has 1 aliphatic heterocycles. The van der Waals surface area contributed by atoms with Crippen LogP contribution in [0.1, 0.15) is 40.5 Å². The molecule has 0 aliphatic carbocycles. The first-order valence-corrected chi connectivity index (χ1v) is 9.06. The first-order chi connectivity index (χ1) is 13.2. The molecule has 27 heavy (non-hydrogen) atoms. The topological polar surface area (TPSA) is 89.5 Å². The highest BCUT2D eigenvalue weighted by Crippen LogP contribution is 2.17. The van der Waals surface area contributed by atoms with Gasteiger partial charge in [0.15, 0.2) is 0 Å². The first kappa shape index (κ1) is 18.8. The van der Waals surface area contributed by atoms with Gasteiger partial charge in [-0.05, 0) is 56.2 Å². The van der Waals surface area contributed by atoms with Crippen molar-refractivity contribution >= 4 is 23.4 Å². The monoisotopic (exact) mass is 369 g/mol. The molecular weight excluding hydrogens is 346 g/mol. The Kier molecular flexibility index (Phi) is 6.38. The lowest BCUT2D eigenvalue weighted by molar-refractivity contribution is 0.0526. The molecule has 2 N–H and O–H groups in total. The van der Waals surface area contributed by atoms with Crippen LogP contribution in [0.2, 0.25) is 0 Å². The van der Waals surface area contributed by atoms with Crippen LogP contribution in [-0.2, 0) is 9.47 Å². The third-order valence-corrected chi connectivity index (χ3v) is 4.20. The zero-order valence-corrected chi connectivity index (χ0v) is 15.2. The van der Waals surface area contributed by atoms with Gasteiger partial charge in [0.1, 0.15) is 5.82 Å². The third kappa shape index (κ3) is 5.27. The molecule has 7 nitrogen and oxygen atoms in total. The number of rotatable bonds is 7. The van der Waals surface area contributed by atoms with Crippen LogP contribution >= 0.6 is 0 Å². The summed E-state index contributed by atoms with van der Waals surface area (Å²) in [5.41, 5.74) is 1.76. The molecule has 142 valence electrons. The predicted octanol–water partition coefficient (Wildman–Crippen LogP) is 2.91. The Balaban J connectivity index is 1.59. The van der Waals surface area contributed by atoms with E-state index in [9.17, 15) is 9.59 Å². The van der Waals surface area contributed by atoms with E-state index >= 15 is 0 Å². The number of carbonyl (C=O) groups excluding carboxylic acids is 2. The van der Waals surface area contributed by atoms with Crippen LogP contribution < -0.4 is 10.6 Å². The molecule has 1 amide bonds. The van der Waals surface area contributed by atoms with Crippen molar-refractivity contribution in [3.8, 4) is 0 Å². The maximum Gasteiger partial charge on any atom is 0.338 e. The van der Waals surface area contributed by atoms with E-state index in [-0.39, 0.29) is 18.0 Å². The number of nitrogens with one attached hydrogen (secondary N) is 2. The molecule has 1 aromatic carbocycles. The Morgan fingerprint density at radius 3 is 2.74 bits per heavy atom. The van der Waals surface area contributed by atoms with Crippen molar-refractivity contribution in [3.05, 3.63) is 53.7 Å². The van der Waals surface area contributed by atoms with Crippen molar-refractivity contribution in [2.75, 3.05) is 25.1 Å². The Morgan fingerprint density at radius 2 is 2.04 bits per heavy atom. The molecule has 2 aromatic rings. The summed E-state index contributed by atoms with van der Waals surface area (Å²) >= 11 is 0. The number of pyridine rings is 1. The summed E-state index contributed by atoms with van der Waals surface area (Å²) in [6, 6.07) is 10.2. The highest BCUT2D eigenvalue weighted by atomic mass is 16.5. The second-order valence-corrected chi connectivity index (χ2v) is 6.20. The molecule has 2 heterocycles. The quantitative estimate of drug-likeness (QED) is 0.730. The van der Waals surface area contributed by atoms with Gasteiger partial charge in [-0.2, -0.15) is 0 Å². The number of amides is 1. The molecule has 7 heteroatoms. The number of anilines is 2. The van der Waals surface area contributed by atoms with E-state index in [2.05, 4.69) is 15.6 Å². The summed E-state index contributed by atoms with van der Waals surface area (Å²) in [5, 5.41) is 6.02. The largest absolute Gasteiger partial charge is 0.462 e. The molecule has 1 aliphatic rings. The van der Waals surface area contributed by atoms with Crippen molar-refractivity contribution in [1.82, 2.24) is 10.3 Å². The van der Waals surface area contributed by atoms with Gasteiger partial charge in [0, 0.05) is 30.6 Å². The summed E-state index contributed by atoms with van der Waals surface area (Å²) in [7, 11) is 0. The zero-order valence-electron chi connectivity index (χ0n) is 15.2. The lowest BCUT2D eigenvalue weighted by Crippen LogP contribution is -2.31. The first-order valence-electron chi connectivity index (χ1n) is 9.06. The van der Waals surface area contributed by atoms with Gasteiger partial charge in [-0.3, -0.25) is 4.79 Å². The van der Waals surface area contributed by atoms with E-state index in [0.29, 0.717) is 30.1 Å². The SMILES string of the molecule is CCOC(=O)c1ccc(Nc2cc(C(=O)NCC3CCCO3)ccn2)cc1. The molecule has 3 rings (SSSR count). The third-order valence-electron chi connectivity index (χ3n) is 4.20. The number of esters is 1. The van der Waals surface area contributed by atoms with Crippen LogP contribution in [0.3, 0.4) is 0 Å². The summed E-state index contributed by atoms with van der Waals surface area (Å²) < 4.78 is 10.5. The minimum absolute atomic E-state index is 0.103. The standard InChI is InChI=1S/C20H23N3O4/c1-2-26-20(25)14-5-7-16(8-6-14)23-18-12-15(9-10-21-18)19(24)22-13-17-4-3-11-27-17/h5-10,12,17H,2-4,11,13H2,1H3,(H,21,23)(H,22,24). The van der Waals surface area contributed by atoms with E-state index in [4.69, 9.17) is 9.47 Å². The number of hydrogen-bond acceptors (Lipinski definition) is 6. The molecule has 1 saturated heterocycles. The highest BCUT2D eigenvalue weighted by Gasteiger charge is 2.17. The van der Waals surface area contributed by atoms with Crippen molar-refractivity contribution in [2.45, 2.75) is 25.9 Å². The fraction of sp³-hybridized carbons (Fsp3) is 0.350. The van der Waals surface area contributed by atoms with Crippen LogP contribution in [0.25, 0.3) is 0 Å². The molecule has 1 atom stereocenters. The minimum Gasteiger partial charge on any atom is -0.462 e. The average Bonchev–Trinajstić information content (AvgIpc) is 3.21. The molecule has 1 unspecified atom stereocenters. The fourth-order valence-electron chi connectivity index (χ4n) is 2.81. The van der Waals surface area contributed by atoms with Crippen LogP contribution in [0.5, 0.6) is 0 Å². The van der Waals surface area contributed by atoms with Crippen molar-refractivity contribution in [3.63, 3.8) is 0 Å². The van der Waals surface area contributed by atoms with E-state index in [0.717, 1.165) is 25.1 Å². The summed E-state index contributed by atoms with van der Waals surface area (Å²) in [6.45, 7) is 3.38. The maximum atomic E-state index is 12.3. The zero-order chi connectivity index (χ0) is 19.1. The second kappa shape index (κ2) is 9.14. The van der Waals surface area contributed by atoms with E-state index in [1.165, 1.54) is 0 Å². The maximum absolute atomic E-state index is 12.3. The van der Waals surface area contributed by atoms with Crippen LogP contribution in [-0.4, -0.2) is 42.7 Å². The molecule has 1 aromatic heterocycles. The minimum atomic E-state index is -0.355. The van der Waals surface area contributed by atoms with Gasteiger partial charge < -0.3 is 20.1 Å². The lowest BCUT2D eigenvalue weighted by atomic mass is 10.2. The Bertz CT molecular complexity index is 786. The number of benzene rings is 1. The number of carbonyl (C=O) groups is 2. The molecule has 1 fully saturated rings. The van der Waals surface area contributed by atoms with E-state index in [1.807, 2.05) is 0 Å². The number of aromatic nitrogens is 1. The molecule has 0 spiro atoms. The molecule has 0 saturated carbocycles. The van der Waals surface area contributed by atoms with Crippen LogP contribution in [0.15, 0.2) is 42.6 Å². The fourth-order valence-corrected chi connectivity index (χ4v) is 2.81. The average molecular weight is 369 g/mol.